The Labute approximate surface area is 124 Å². The van der Waals surface area contributed by atoms with Crippen LogP contribution in [-0.4, -0.2) is 4.98 Å². The van der Waals surface area contributed by atoms with E-state index in [2.05, 4.69) is 52.1 Å². The lowest BCUT2D eigenvalue weighted by Gasteiger charge is -2.05. The summed E-state index contributed by atoms with van der Waals surface area (Å²) in [4.78, 5) is 5.56. The number of hydrogen-bond donors (Lipinski definition) is 1. The number of benzene rings is 1. The van der Waals surface area contributed by atoms with Gasteiger partial charge in [-0.2, -0.15) is 0 Å². The summed E-state index contributed by atoms with van der Waals surface area (Å²) >= 11 is 5.29. The molecule has 2 heterocycles. The van der Waals surface area contributed by atoms with Gasteiger partial charge >= 0.3 is 0 Å². The van der Waals surface area contributed by atoms with E-state index in [1.165, 1.54) is 11.1 Å². The molecule has 0 aliphatic rings. The topological polar surface area (TPSA) is 38.9 Å². The monoisotopic (exact) mass is 332 g/mol. The molecule has 0 fully saturated rings. The van der Waals surface area contributed by atoms with E-state index >= 15 is 0 Å². The van der Waals surface area contributed by atoms with E-state index in [0.717, 1.165) is 30.9 Å². The number of nitrogens with two attached hydrogens (primary N) is 1. The van der Waals surface area contributed by atoms with Crippen LogP contribution in [0.1, 0.15) is 11.3 Å². The molecular formula is C15H13BrN2S. The van der Waals surface area contributed by atoms with Crippen molar-refractivity contribution in [2.75, 3.05) is 5.73 Å². The Kier molecular flexibility index (Phi) is 3.07. The molecule has 0 aliphatic carbocycles. The van der Waals surface area contributed by atoms with Gasteiger partial charge < -0.3 is 5.73 Å². The van der Waals surface area contributed by atoms with Gasteiger partial charge in [-0.3, -0.25) is 0 Å². The third-order valence-corrected chi connectivity index (χ3v) is 4.84. The van der Waals surface area contributed by atoms with Crippen molar-refractivity contribution in [2.45, 2.75) is 13.8 Å². The normalized spacial score (nSPS) is 11.1. The predicted molar refractivity (Wildman–Crippen MR) is 86.6 cm³/mol. The Morgan fingerprint density at radius 3 is 2.74 bits per heavy atom. The number of fused-ring (bicyclic) bond motifs is 1. The summed E-state index contributed by atoms with van der Waals surface area (Å²) in [7, 11) is 0. The Morgan fingerprint density at radius 1 is 1.21 bits per heavy atom. The maximum absolute atomic E-state index is 6.19. The minimum absolute atomic E-state index is 0.793. The van der Waals surface area contributed by atoms with Crippen molar-refractivity contribution in [3.63, 3.8) is 0 Å². The summed E-state index contributed by atoms with van der Waals surface area (Å²) < 4.78 is 1.08. The van der Waals surface area contributed by atoms with E-state index in [9.17, 15) is 0 Å². The van der Waals surface area contributed by atoms with Gasteiger partial charge in [-0.1, -0.05) is 29.8 Å². The Bertz CT molecular complexity index is 777. The summed E-state index contributed by atoms with van der Waals surface area (Å²) in [5, 5.41) is 1.05. The van der Waals surface area contributed by atoms with Gasteiger partial charge in [-0.15, -0.1) is 11.3 Å². The molecule has 0 unspecified atom stereocenters. The molecule has 19 heavy (non-hydrogen) atoms. The summed E-state index contributed by atoms with van der Waals surface area (Å²) in [5.74, 6) is 0. The highest BCUT2D eigenvalue weighted by Gasteiger charge is 2.16. The highest BCUT2D eigenvalue weighted by Crippen LogP contribution is 2.44. The quantitative estimate of drug-likeness (QED) is 0.686. The van der Waals surface area contributed by atoms with Gasteiger partial charge in [0, 0.05) is 22.3 Å². The average Bonchev–Trinajstić information content (AvgIpc) is 2.65. The van der Waals surface area contributed by atoms with E-state index in [1.54, 1.807) is 11.3 Å². The van der Waals surface area contributed by atoms with Crippen molar-refractivity contribution >= 4 is 43.2 Å². The van der Waals surface area contributed by atoms with Crippen LogP contribution in [0.25, 0.3) is 21.3 Å². The van der Waals surface area contributed by atoms with Gasteiger partial charge in [0.25, 0.3) is 0 Å². The smallest absolute Gasteiger partial charge is 0.127 e. The van der Waals surface area contributed by atoms with Crippen LogP contribution in [0.3, 0.4) is 0 Å². The fourth-order valence-corrected chi connectivity index (χ4v) is 4.18. The van der Waals surface area contributed by atoms with Crippen molar-refractivity contribution in [3.8, 4) is 11.1 Å². The van der Waals surface area contributed by atoms with Crippen LogP contribution in [0.4, 0.5) is 5.69 Å². The third kappa shape index (κ3) is 2.15. The highest BCUT2D eigenvalue weighted by atomic mass is 79.9. The molecular weight excluding hydrogens is 320 g/mol. The molecule has 0 saturated carbocycles. The van der Waals surface area contributed by atoms with Crippen LogP contribution in [0.2, 0.25) is 0 Å². The fraction of sp³-hybridized carbons (Fsp3) is 0.133. The van der Waals surface area contributed by atoms with E-state index in [-0.39, 0.29) is 0 Å². The van der Waals surface area contributed by atoms with Crippen LogP contribution in [0.5, 0.6) is 0 Å². The lowest BCUT2D eigenvalue weighted by molar-refractivity contribution is 1.27. The van der Waals surface area contributed by atoms with E-state index in [4.69, 9.17) is 5.73 Å². The van der Waals surface area contributed by atoms with Gasteiger partial charge in [0.05, 0.1) is 3.79 Å². The Hall–Kier alpha value is -1.39. The average molecular weight is 333 g/mol. The molecule has 2 nitrogen and oxygen atoms in total. The number of anilines is 1. The zero-order valence-electron chi connectivity index (χ0n) is 10.7. The van der Waals surface area contributed by atoms with Crippen LogP contribution in [0.15, 0.2) is 34.1 Å². The van der Waals surface area contributed by atoms with Crippen molar-refractivity contribution in [1.29, 1.82) is 0 Å². The van der Waals surface area contributed by atoms with Crippen LogP contribution >= 0.6 is 27.3 Å². The molecule has 1 aromatic carbocycles. The number of nitrogen functional groups attached to an aromatic ring is 1. The summed E-state index contributed by atoms with van der Waals surface area (Å²) in [6.45, 7) is 4.06. The molecule has 0 spiro atoms. The lowest BCUT2D eigenvalue weighted by atomic mass is 10.0. The highest BCUT2D eigenvalue weighted by molar-refractivity contribution is 9.11. The molecule has 3 rings (SSSR count). The molecule has 2 aromatic heterocycles. The molecule has 4 heteroatoms. The standard InChI is InChI=1S/C15H13BrN2S/c1-8-4-3-5-10(6-8)12-13-11(17)7-9(2)18-15(13)19-14(12)16/h3-7H,1-2H3,(H2,17,18). The number of thiophene rings is 1. The molecule has 0 saturated heterocycles. The number of rotatable bonds is 1. The van der Waals surface area contributed by atoms with Crippen molar-refractivity contribution in [2.24, 2.45) is 0 Å². The summed E-state index contributed by atoms with van der Waals surface area (Å²) in [6, 6.07) is 10.4. The predicted octanol–water partition coefficient (Wildman–Crippen LogP) is 4.92. The molecule has 0 atom stereocenters. The number of halogens is 1. The number of aromatic nitrogens is 1. The van der Waals surface area contributed by atoms with Crippen molar-refractivity contribution in [1.82, 2.24) is 4.98 Å². The maximum atomic E-state index is 6.19. The Balaban J connectivity index is 2.38. The zero-order chi connectivity index (χ0) is 13.6. The largest absolute Gasteiger partial charge is 0.398 e. The molecule has 0 radical (unpaired) electrons. The fourth-order valence-electron chi connectivity index (χ4n) is 2.29. The number of aryl methyl sites for hydroxylation is 2. The van der Waals surface area contributed by atoms with Crippen LogP contribution < -0.4 is 5.73 Å². The first-order valence-corrected chi connectivity index (χ1v) is 7.59. The first kappa shape index (κ1) is 12.6. The summed E-state index contributed by atoms with van der Waals surface area (Å²) in [5.41, 5.74) is 11.5. The van der Waals surface area contributed by atoms with E-state index in [1.807, 2.05) is 13.0 Å². The van der Waals surface area contributed by atoms with Crippen LogP contribution in [0, 0.1) is 13.8 Å². The zero-order valence-corrected chi connectivity index (χ0v) is 13.1. The van der Waals surface area contributed by atoms with Crippen molar-refractivity contribution in [3.05, 3.63) is 45.4 Å². The first-order valence-electron chi connectivity index (χ1n) is 5.98. The summed E-state index contributed by atoms with van der Waals surface area (Å²) in [6.07, 6.45) is 0. The lowest BCUT2D eigenvalue weighted by Crippen LogP contribution is -1.91. The third-order valence-electron chi connectivity index (χ3n) is 3.08. The van der Waals surface area contributed by atoms with Crippen LogP contribution in [-0.2, 0) is 0 Å². The number of pyridine rings is 1. The maximum Gasteiger partial charge on any atom is 0.127 e. The minimum atomic E-state index is 0.793. The first-order chi connectivity index (χ1) is 9.06. The van der Waals surface area contributed by atoms with Gasteiger partial charge in [-0.25, -0.2) is 4.98 Å². The SMILES string of the molecule is Cc1cccc(-c2c(Br)sc3nc(C)cc(N)c23)c1. The van der Waals surface area contributed by atoms with Gasteiger partial charge in [0.15, 0.2) is 0 Å². The number of nitrogens with zero attached hydrogens (tertiary/aromatic N) is 1. The minimum Gasteiger partial charge on any atom is -0.398 e. The molecule has 0 amide bonds. The molecule has 2 N–H and O–H groups in total. The second kappa shape index (κ2) is 4.62. The van der Waals surface area contributed by atoms with Gasteiger partial charge in [0.1, 0.15) is 4.83 Å². The molecule has 0 aliphatic heterocycles. The van der Waals surface area contributed by atoms with E-state index in [0.29, 0.717) is 0 Å². The second-order valence-electron chi connectivity index (χ2n) is 4.65. The molecule has 3 aromatic rings. The second-order valence-corrected chi connectivity index (χ2v) is 6.97. The number of hydrogen-bond acceptors (Lipinski definition) is 3. The van der Waals surface area contributed by atoms with Gasteiger partial charge in [0.2, 0.25) is 0 Å². The van der Waals surface area contributed by atoms with Crippen molar-refractivity contribution < 1.29 is 0 Å². The molecule has 0 bridgehead atoms. The van der Waals surface area contributed by atoms with Gasteiger partial charge in [-0.05, 0) is 41.4 Å². The van der Waals surface area contributed by atoms with E-state index < -0.39 is 0 Å². The molecule has 96 valence electrons. The Morgan fingerprint density at radius 2 is 2.00 bits per heavy atom.